The number of hydrogen-bond acceptors (Lipinski definition) is 5. The van der Waals surface area contributed by atoms with E-state index in [9.17, 15) is 29.4 Å². The molecule has 0 aliphatic heterocycles. The van der Waals surface area contributed by atoms with Crippen LogP contribution in [-0.4, -0.2) is 33.0 Å². The summed E-state index contributed by atoms with van der Waals surface area (Å²) < 4.78 is 0. The molecule has 0 atom stereocenters. The molecule has 2 aromatic rings. The Morgan fingerprint density at radius 3 is 2.21 bits per heavy atom. The lowest BCUT2D eigenvalue weighted by atomic mass is 9.94. The summed E-state index contributed by atoms with van der Waals surface area (Å²) in [6.45, 7) is 1.24. The van der Waals surface area contributed by atoms with Gasteiger partial charge >= 0.3 is 11.9 Å². The molecule has 0 saturated carbocycles. The average Bonchev–Trinajstić information content (AvgIpc) is 2.45. The molecule has 1 aromatic carbocycles. The zero-order valence-electron chi connectivity index (χ0n) is 12.4. The molecule has 0 aliphatic carbocycles. The molecule has 9 nitrogen and oxygen atoms in total. The molecule has 0 radical (unpaired) electrons. The molecule has 1 amide bonds. The SMILES string of the molecule is CC(=O)Nc1ccccc1-c1c(C(=O)O)c(N)[nH]c(=O)c1C(=O)O. The van der Waals surface area contributed by atoms with E-state index in [4.69, 9.17) is 5.73 Å². The first-order chi connectivity index (χ1) is 11.2. The molecular formula is C15H13N3O6. The van der Waals surface area contributed by atoms with E-state index in [0.717, 1.165) is 0 Å². The van der Waals surface area contributed by atoms with Gasteiger partial charge in [-0.3, -0.25) is 9.59 Å². The van der Waals surface area contributed by atoms with Crippen LogP contribution in [0.15, 0.2) is 29.1 Å². The van der Waals surface area contributed by atoms with Crippen molar-refractivity contribution in [2.45, 2.75) is 6.92 Å². The largest absolute Gasteiger partial charge is 0.478 e. The zero-order chi connectivity index (χ0) is 18.0. The Labute approximate surface area is 134 Å². The van der Waals surface area contributed by atoms with Crippen molar-refractivity contribution < 1.29 is 24.6 Å². The number of nitrogens with one attached hydrogen (secondary N) is 2. The fourth-order valence-electron chi connectivity index (χ4n) is 2.32. The Kier molecular flexibility index (Phi) is 4.36. The maximum Gasteiger partial charge on any atom is 0.342 e. The molecule has 24 heavy (non-hydrogen) atoms. The molecule has 0 bridgehead atoms. The maximum atomic E-state index is 12.0. The van der Waals surface area contributed by atoms with Crippen LogP contribution in [-0.2, 0) is 4.79 Å². The van der Waals surface area contributed by atoms with Crippen LogP contribution in [0.1, 0.15) is 27.6 Å². The van der Waals surface area contributed by atoms with Crippen molar-refractivity contribution in [3.8, 4) is 11.1 Å². The molecule has 2 rings (SSSR count). The Hall–Kier alpha value is -3.62. The number of anilines is 2. The third-order valence-corrected chi connectivity index (χ3v) is 3.18. The number of nitrogen functional groups attached to an aromatic ring is 1. The Bertz CT molecular complexity index is 916. The van der Waals surface area contributed by atoms with Crippen molar-refractivity contribution in [1.29, 1.82) is 0 Å². The van der Waals surface area contributed by atoms with Crippen LogP contribution in [0.2, 0.25) is 0 Å². The predicted octanol–water partition coefficient (Wildman–Crippen LogP) is 0.979. The van der Waals surface area contributed by atoms with Gasteiger partial charge in [0.05, 0.1) is 0 Å². The van der Waals surface area contributed by atoms with E-state index in [2.05, 4.69) is 5.32 Å². The van der Waals surface area contributed by atoms with Crippen LogP contribution >= 0.6 is 0 Å². The molecule has 0 fully saturated rings. The lowest BCUT2D eigenvalue weighted by molar-refractivity contribution is -0.114. The van der Waals surface area contributed by atoms with Gasteiger partial charge in [-0.05, 0) is 6.07 Å². The second-order valence-corrected chi connectivity index (χ2v) is 4.83. The van der Waals surface area contributed by atoms with Crippen LogP contribution in [0.25, 0.3) is 11.1 Å². The minimum atomic E-state index is -1.62. The smallest absolute Gasteiger partial charge is 0.342 e. The second kappa shape index (κ2) is 6.24. The number of para-hydroxylation sites is 1. The second-order valence-electron chi connectivity index (χ2n) is 4.83. The van der Waals surface area contributed by atoms with Crippen LogP contribution in [0, 0.1) is 0 Å². The van der Waals surface area contributed by atoms with E-state index in [-0.39, 0.29) is 16.8 Å². The molecule has 124 valence electrons. The topological polar surface area (TPSA) is 163 Å². The molecule has 0 spiro atoms. The monoisotopic (exact) mass is 331 g/mol. The molecule has 0 aliphatic rings. The van der Waals surface area contributed by atoms with Crippen LogP contribution < -0.4 is 16.6 Å². The first kappa shape index (κ1) is 16.7. The maximum absolute atomic E-state index is 12.0. The first-order valence-corrected chi connectivity index (χ1v) is 6.63. The first-order valence-electron chi connectivity index (χ1n) is 6.63. The average molecular weight is 331 g/mol. The molecular weight excluding hydrogens is 318 g/mol. The highest BCUT2D eigenvalue weighted by atomic mass is 16.4. The number of carboxylic acid groups (broad SMARTS) is 2. The number of pyridine rings is 1. The molecule has 0 unspecified atom stereocenters. The van der Waals surface area contributed by atoms with Gasteiger partial charge in [-0.25, -0.2) is 9.59 Å². The summed E-state index contributed by atoms with van der Waals surface area (Å²) in [7, 11) is 0. The highest BCUT2D eigenvalue weighted by Crippen LogP contribution is 2.34. The van der Waals surface area contributed by atoms with E-state index in [1.807, 2.05) is 4.98 Å². The number of amides is 1. The van der Waals surface area contributed by atoms with Crippen molar-refractivity contribution in [3.63, 3.8) is 0 Å². The normalized spacial score (nSPS) is 10.2. The Morgan fingerprint density at radius 1 is 1.08 bits per heavy atom. The molecule has 1 aromatic heterocycles. The van der Waals surface area contributed by atoms with Gasteiger partial charge in [0.2, 0.25) is 5.91 Å². The van der Waals surface area contributed by atoms with Crippen molar-refractivity contribution in [1.82, 2.24) is 4.98 Å². The van der Waals surface area contributed by atoms with Crippen molar-refractivity contribution in [2.75, 3.05) is 11.1 Å². The van der Waals surface area contributed by atoms with Crippen LogP contribution in [0.3, 0.4) is 0 Å². The number of rotatable bonds is 4. The number of aromatic amines is 1. The quantitative estimate of drug-likeness (QED) is 0.557. The minimum absolute atomic E-state index is 0.0558. The predicted molar refractivity (Wildman–Crippen MR) is 85.1 cm³/mol. The highest BCUT2D eigenvalue weighted by Gasteiger charge is 2.27. The van der Waals surface area contributed by atoms with E-state index >= 15 is 0 Å². The third-order valence-electron chi connectivity index (χ3n) is 3.18. The summed E-state index contributed by atoms with van der Waals surface area (Å²) in [4.78, 5) is 48.4. The standard InChI is InChI=1S/C15H13N3O6/c1-6(19)17-8-5-3-2-4-7(8)9-10(14(21)22)12(16)18-13(20)11(9)15(23)24/h2-5H,1H3,(H,17,19)(H,21,22)(H,23,24)(H3,16,18,20). The number of carboxylic acids is 2. The van der Waals surface area contributed by atoms with Gasteiger partial charge in [-0.2, -0.15) is 0 Å². The van der Waals surface area contributed by atoms with Crippen molar-refractivity contribution >= 4 is 29.4 Å². The zero-order valence-corrected chi connectivity index (χ0v) is 12.4. The fourth-order valence-corrected chi connectivity index (χ4v) is 2.32. The number of hydrogen-bond donors (Lipinski definition) is 5. The van der Waals surface area contributed by atoms with Gasteiger partial charge in [-0.15, -0.1) is 0 Å². The number of H-pyrrole nitrogens is 1. The summed E-state index contributed by atoms with van der Waals surface area (Å²) >= 11 is 0. The van der Waals surface area contributed by atoms with Crippen LogP contribution in [0.5, 0.6) is 0 Å². The van der Waals surface area contributed by atoms with Gasteiger partial charge in [0.1, 0.15) is 16.9 Å². The summed E-state index contributed by atoms with van der Waals surface area (Å²) in [6, 6.07) is 5.91. The third kappa shape index (κ3) is 2.95. The molecule has 6 N–H and O–H groups in total. The number of carbonyl (C=O) groups excluding carboxylic acids is 1. The number of nitrogens with two attached hydrogens (primary N) is 1. The lowest BCUT2D eigenvalue weighted by Crippen LogP contribution is -2.24. The Balaban J connectivity index is 2.98. The highest BCUT2D eigenvalue weighted by molar-refractivity contribution is 6.09. The van der Waals surface area contributed by atoms with Gasteiger partial charge in [0.25, 0.3) is 5.56 Å². The van der Waals surface area contributed by atoms with Crippen molar-refractivity contribution in [2.24, 2.45) is 0 Å². The molecule has 0 saturated heterocycles. The number of carbonyl (C=O) groups is 3. The fraction of sp³-hybridized carbons (Fsp3) is 0.0667. The van der Waals surface area contributed by atoms with Gasteiger partial charge in [0, 0.05) is 23.7 Å². The minimum Gasteiger partial charge on any atom is -0.478 e. The van der Waals surface area contributed by atoms with E-state index < -0.39 is 40.3 Å². The molecule has 9 heteroatoms. The Morgan fingerprint density at radius 2 is 1.67 bits per heavy atom. The molecule has 1 heterocycles. The van der Waals surface area contributed by atoms with Gasteiger partial charge in [0.15, 0.2) is 0 Å². The summed E-state index contributed by atoms with van der Waals surface area (Å²) in [5.74, 6) is -4.07. The number of benzene rings is 1. The van der Waals surface area contributed by atoms with E-state index in [1.54, 1.807) is 6.07 Å². The lowest BCUT2D eigenvalue weighted by Gasteiger charge is -2.15. The van der Waals surface area contributed by atoms with Gasteiger partial charge in [-0.1, -0.05) is 18.2 Å². The van der Waals surface area contributed by atoms with Gasteiger partial charge < -0.3 is 26.2 Å². The van der Waals surface area contributed by atoms with Crippen LogP contribution in [0.4, 0.5) is 11.5 Å². The number of aromatic carboxylic acids is 2. The summed E-state index contributed by atoms with van der Waals surface area (Å²) in [5.41, 5.74) is 3.01. The summed E-state index contributed by atoms with van der Waals surface area (Å²) in [5, 5.41) is 21.2. The van der Waals surface area contributed by atoms with Crippen molar-refractivity contribution in [3.05, 3.63) is 45.7 Å². The van der Waals surface area contributed by atoms with E-state index in [1.165, 1.54) is 25.1 Å². The van der Waals surface area contributed by atoms with E-state index in [0.29, 0.717) is 0 Å². The number of aromatic nitrogens is 1. The summed E-state index contributed by atoms with van der Waals surface area (Å²) in [6.07, 6.45) is 0.